The van der Waals surface area contributed by atoms with Crippen molar-refractivity contribution in [3.05, 3.63) is 80.6 Å². The van der Waals surface area contributed by atoms with Crippen LogP contribution in [-0.4, -0.2) is 74.5 Å². The van der Waals surface area contributed by atoms with E-state index in [-0.39, 0.29) is 31.4 Å². The SMILES string of the molecule is C.Cc1nccn1CCNC(=O)[C@H]1CN(C2c3ccc(Cl)cc3CCc3cc(Br)cnc32)CCN1C(=O)NC1CCCCC1. The van der Waals surface area contributed by atoms with Crippen LogP contribution in [0, 0.1) is 6.92 Å². The van der Waals surface area contributed by atoms with Crippen LogP contribution in [-0.2, 0) is 24.2 Å². The lowest BCUT2D eigenvalue weighted by Gasteiger charge is -2.44. The zero-order chi connectivity index (χ0) is 29.9. The second-order valence-electron chi connectivity index (χ2n) is 11.9. The standard InChI is InChI=1S/C32H39BrClN7O2.CH4/c1-21-35-11-13-39(21)14-12-36-31(42)28-20-40(15-16-41(28)32(43)38-26-5-3-2-4-6-26)30-27-10-9-25(34)18-22(27)7-8-23-17-24(33)19-37-29(23)30;/h9-11,13,17-19,26,28,30H,2-8,12,14-16,20H2,1H3,(H,36,42)(H,38,43);1H4/t28-,30?;/m1./s1. The van der Waals surface area contributed by atoms with Crippen LogP contribution in [0.3, 0.4) is 0 Å². The highest BCUT2D eigenvalue weighted by atomic mass is 79.9. The minimum Gasteiger partial charge on any atom is -0.352 e. The molecule has 3 heterocycles. The molecule has 2 aliphatic carbocycles. The predicted molar refractivity (Wildman–Crippen MR) is 177 cm³/mol. The molecule has 3 aromatic rings. The van der Waals surface area contributed by atoms with E-state index >= 15 is 0 Å². The van der Waals surface area contributed by atoms with Gasteiger partial charge in [0.25, 0.3) is 0 Å². The van der Waals surface area contributed by atoms with Crippen LogP contribution in [0.4, 0.5) is 4.79 Å². The van der Waals surface area contributed by atoms with E-state index in [4.69, 9.17) is 16.6 Å². The number of fused-ring (bicyclic) bond motifs is 2. The maximum atomic E-state index is 13.9. The Hall–Kier alpha value is -2.95. The van der Waals surface area contributed by atoms with Gasteiger partial charge in [-0.05, 0) is 83.4 Å². The molecule has 44 heavy (non-hydrogen) atoms. The smallest absolute Gasteiger partial charge is 0.318 e. The summed E-state index contributed by atoms with van der Waals surface area (Å²) in [6.45, 7) is 4.49. The van der Waals surface area contributed by atoms with E-state index in [0.717, 1.165) is 60.1 Å². The van der Waals surface area contributed by atoms with Gasteiger partial charge in [0, 0.05) is 66.9 Å². The van der Waals surface area contributed by atoms with Gasteiger partial charge in [0.1, 0.15) is 11.9 Å². The van der Waals surface area contributed by atoms with Crippen molar-refractivity contribution in [1.29, 1.82) is 0 Å². The number of hydrogen-bond donors (Lipinski definition) is 2. The summed E-state index contributed by atoms with van der Waals surface area (Å²) >= 11 is 10.1. The Morgan fingerprint density at radius 1 is 1.07 bits per heavy atom. The highest BCUT2D eigenvalue weighted by Gasteiger charge is 2.40. The fraction of sp³-hybridized carbons (Fsp3) is 0.515. The van der Waals surface area contributed by atoms with Gasteiger partial charge < -0.3 is 20.1 Å². The number of pyridine rings is 1. The van der Waals surface area contributed by atoms with Gasteiger partial charge in [-0.15, -0.1) is 0 Å². The van der Waals surface area contributed by atoms with Gasteiger partial charge in [-0.1, -0.05) is 44.4 Å². The number of aromatic nitrogens is 3. The predicted octanol–water partition coefficient (Wildman–Crippen LogP) is 5.67. The number of urea groups is 1. The van der Waals surface area contributed by atoms with Crippen LogP contribution in [0.5, 0.6) is 0 Å². The molecule has 9 nitrogen and oxygen atoms in total. The van der Waals surface area contributed by atoms with Gasteiger partial charge in [0.15, 0.2) is 0 Å². The lowest BCUT2D eigenvalue weighted by molar-refractivity contribution is -0.127. The first-order valence-electron chi connectivity index (χ1n) is 15.4. The first-order chi connectivity index (χ1) is 20.9. The Bertz CT molecular complexity index is 1420. The topological polar surface area (TPSA) is 95.4 Å². The van der Waals surface area contributed by atoms with Crippen molar-refractivity contribution in [1.82, 2.24) is 35.0 Å². The molecule has 6 rings (SSSR count). The van der Waals surface area contributed by atoms with Gasteiger partial charge in [-0.25, -0.2) is 9.78 Å². The summed E-state index contributed by atoms with van der Waals surface area (Å²) in [5, 5.41) is 7.09. The number of benzene rings is 1. The first-order valence-corrected chi connectivity index (χ1v) is 16.5. The van der Waals surface area contributed by atoms with Gasteiger partial charge >= 0.3 is 6.03 Å². The minimum absolute atomic E-state index is 0. The highest BCUT2D eigenvalue weighted by molar-refractivity contribution is 9.10. The third-order valence-electron chi connectivity index (χ3n) is 9.14. The summed E-state index contributed by atoms with van der Waals surface area (Å²) in [4.78, 5) is 40.8. The molecule has 2 atom stereocenters. The molecule has 3 amide bonds. The zero-order valence-electron chi connectivity index (χ0n) is 24.6. The fourth-order valence-corrected chi connectivity index (χ4v) is 7.42. The average Bonchev–Trinajstić information content (AvgIpc) is 3.35. The van der Waals surface area contributed by atoms with Crippen LogP contribution < -0.4 is 10.6 Å². The van der Waals surface area contributed by atoms with Crippen LogP contribution in [0.15, 0.2) is 47.3 Å². The van der Waals surface area contributed by atoms with Crippen molar-refractivity contribution >= 4 is 39.5 Å². The van der Waals surface area contributed by atoms with Crippen molar-refractivity contribution < 1.29 is 9.59 Å². The average molecular weight is 685 g/mol. The summed E-state index contributed by atoms with van der Waals surface area (Å²) in [6, 6.07) is 7.48. The lowest BCUT2D eigenvalue weighted by Crippen LogP contribution is -2.63. The summed E-state index contributed by atoms with van der Waals surface area (Å²) in [5.41, 5.74) is 4.54. The molecule has 1 saturated heterocycles. The molecule has 236 valence electrons. The summed E-state index contributed by atoms with van der Waals surface area (Å²) < 4.78 is 2.96. The minimum atomic E-state index is -0.640. The van der Waals surface area contributed by atoms with Crippen molar-refractivity contribution in [3.63, 3.8) is 0 Å². The number of halogens is 2. The molecular weight excluding hydrogens is 642 g/mol. The molecular formula is C33H43BrClN7O2. The monoisotopic (exact) mass is 683 g/mol. The number of imidazole rings is 1. The second kappa shape index (κ2) is 14.4. The number of piperazine rings is 1. The summed E-state index contributed by atoms with van der Waals surface area (Å²) in [5.74, 6) is 0.756. The molecule has 3 aliphatic rings. The molecule has 0 bridgehead atoms. The third-order valence-corrected chi connectivity index (χ3v) is 9.81. The molecule has 1 saturated carbocycles. The lowest BCUT2D eigenvalue weighted by atomic mass is 9.95. The van der Waals surface area contributed by atoms with E-state index < -0.39 is 6.04 Å². The number of amides is 3. The van der Waals surface area contributed by atoms with Crippen LogP contribution >= 0.6 is 27.5 Å². The van der Waals surface area contributed by atoms with E-state index in [1.807, 2.05) is 30.0 Å². The highest BCUT2D eigenvalue weighted by Crippen LogP contribution is 2.38. The Morgan fingerprint density at radius 3 is 2.64 bits per heavy atom. The van der Waals surface area contributed by atoms with E-state index in [1.54, 1.807) is 11.1 Å². The van der Waals surface area contributed by atoms with E-state index in [9.17, 15) is 9.59 Å². The number of carbonyl (C=O) groups excluding carboxylic acids is 2. The van der Waals surface area contributed by atoms with Crippen LogP contribution in [0.1, 0.15) is 73.8 Å². The van der Waals surface area contributed by atoms with E-state index in [0.29, 0.717) is 37.7 Å². The summed E-state index contributed by atoms with van der Waals surface area (Å²) in [7, 11) is 0. The number of nitrogens with one attached hydrogen (secondary N) is 2. The molecule has 0 spiro atoms. The largest absolute Gasteiger partial charge is 0.352 e. The third kappa shape index (κ3) is 7.13. The van der Waals surface area contributed by atoms with Gasteiger partial charge in [0.2, 0.25) is 5.91 Å². The normalized spacial score (nSPS) is 20.6. The molecule has 11 heteroatoms. The maximum Gasteiger partial charge on any atom is 0.318 e. The molecule has 2 N–H and O–H groups in total. The van der Waals surface area contributed by atoms with Gasteiger partial charge in [-0.3, -0.25) is 14.7 Å². The molecule has 1 aliphatic heterocycles. The maximum absolute atomic E-state index is 13.9. The second-order valence-corrected chi connectivity index (χ2v) is 13.2. The molecule has 1 aromatic carbocycles. The van der Waals surface area contributed by atoms with Crippen molar-refractivity contribution in [3.8, 4) is 0 Å². The number of nitrogens with zero attached hydrogens (tertiary/aromatic N) is 5. The van der Waals surface area contributed by atoms with Gasteiger partial charge in [0.05, 0.1) is 11.7 Å². The first kappa shape index (κ1) is 32.4. The summed E-state index contributed by atoms with van der Waals surface area (Å²) in [6.07, 6.45) is 12.7. The van der Waals surface area contributed by atoms with Crippen LogP contribution in [0.25, 0.3) is 0 Å². The fourth-order valence-electron chi connectivity index (χ4n) is 6.85. The molecule has 1 unspecified atom stereocenters. The molecule has 0 radical (unpaired) electrons. The number of rotatable bonds is 6. The van der Waals surface area contributed by atoms with E-state index in [1.165, 1.54) is 17.5 Å². The molecule has 2 aromatic heterocycles. The molecule has 2 fully saturated rings. The Labute approximate surface area is 273 Å². The Kier molecular flexibility index (Phi) is 10.6. The van der Waals surface area contributed by atoms with Crippen molar-refractivity contribution in [2.45, 2.75) is 84.0 Å². The van der Waals surface area contributed by atoms with Crippen molar-refractivity contribution in [2.75, 3.05) is 26.2 Å². The van der Waals surface area contributed by atoms with Crippen molar-refractivity contribution in [2.24, 2.45) is 0 Å². The Morgan fingerprint density at radius 2 is 1.86 bits per heavy atom. The van der Waals surface area contributed by atoms with E-state index in [2.05, 4.69) is 54.6 Å². The van der Waals surface area contributed by atoms with Gasteiger partial charge in [-0.2, -0.15) is 0 Å². The van der Waals surface area contributed by atoms with Crippen LogP contribution in [0.2, 0.25) is 5.02 Å². The Balaban J connectivity index is 0.00000384. The number of carbonyl (C=O) groups is 2. The number of hydrogen-bond acceptors (Lipinski definition) is 5. The zero-order valence-corrected chi connectivity index (χ0v) is 26.9. The quantitative estimate of drug-likeness (QED) is 0.349. The number of aryl methyl sites for hydroxylation is 3.